The third-order valence-electron chi connectivity index (χ3n) is 4.51. The van der Waals surface area contributed by atoms with Gasteiger partial charge in [-0.2, -0.15) is 0 Å². The fourth-order valence-electron chi connectivity index (χ4n) is 2.92. The number of pyridine rings is 3. The lowest BCUT2D eigenvalue weighted by Crippen LogP contribution is -2.27. The summed E-state index contributed by atoms with van der Waals surface area (Å²) in [7, 11) is 0. The monoisotopic (exact) mass is 348 g/mol. The van der Waals surface area contributed by atoms with Crippen LogP contribution >= 0.6 is 0 Å². The van der Waals surface area contributed by atoms with Gasteiger partial charge < -0.3 is 4.98 Å². The Morgan fingerprint density at radius 3 is 2.04 bits per heavy atom. The Kier molecular flexibility index (Phi) is 5.92. The molecule has 134 valence electrons. The minimum atomic E-state index is -0.0600. The zero-order valence-corrected chi connectivity index (χ0v) is 15.3. The summed E-state index contributed by atoms with van der Waals surface area (Å²) >= 11 is 0. The molecule has 0 amide bonds. The van der Waals surface area contributed by atoms with Gasteiger partial charge in [0.2, 0.25) is 5.56 Å². The zero-order valence-electron chi connectivity index (χ0n) is 15.3. The van der Waals surface area contributed by atoms with Crippen molar-refractivity contribution < 1.29 is 0 Å². The second-order valence-electron chi connectivity index (χ2n) is 6.53. The van der Waals surface area contributed by atoms with Crippen molar-refractivity contribution in [1.29, 1.82) is 0 Å². The van der Waals surface area contributed by atoms with E-state index in [-0.39, 0.29) is 5.56 Å². The van der Waals surface area contributed by atoms with Gasteiger partial charge in [-0.1, -0.05) is 18.2 Å². The first-order valence-electron chi connectivity index (χ1n) is 8.83. The molecule has 0 bridgehead atoms. The molecule has 0 unspecified atom stereocenters. The maximum Gasteiger partial charge on any atom is 0.248 e. The van der Waals surface area contributed by atoms with E-state index < -0.39 is 0 Å². The molecular weight excluding hydrogens is 324 g/mol. The number of hydrogen-bond donors (Lipinski definition) is 1. The minimum absolute atomic E-state index is 0.0600. The fraction of sp³-hybridized carbons (Fsp3) is 0.286. The molecule has 26 heavy (non-hydrogen) atoms. The second kappa shape index (κ2) is 8.54. The summed E-state index contributed by atoms with van der Waals surface area (Å²) in [6.07, 6.45) is 4.44. The molecule has 0 atom stereocenters. The van der Waals surface area contributed by atoms with E-state index in [1.807, 2.05) is 30.6 Å². The molecule has 0 fully saturated rings. The van der Waals surface area contributed by atoms with E-state index in [4.69, 9.17) is 0 Å². The van der Waals surface area contributed by atoms with E-state index in [0.29, 0.717) is 0 Å². The van der Waals surface area contributed by atoms with E-state index in [1.165, 1.54) is 17.2 Å². The summed E-state index contributed by atoms with van der Waals surface area (Å²) in [6.45, 7) is 6.48. The average Bonchev–Trinajstić information content (AvgIpc) is 2.63. The fourth-order valence-corrected chi connectivity index (χ4v) is 2.92. The predicted octanol–water partition coefficient (Wildman–Crippen LogP) is 3.03. The number of H-pyrrole nitrogens is 1. The predicted molar refractivity (Wildman–Crippen MR) is 103 cm³/mol. The van der Waals surface area contributed by atoms with Crippen molar-refractivity contribution in [2.45, 2.75) is 33.4 Å². The molecule has 0 saturated heterocycles. The highest BCUT2D eigenvalue weighted by atomic mass is 16.1. The van der Waals surface area contributed by atoms with E-state index in [1.54, 1.807) is 6.07 Å². The average molecular weight is 348 g/mol. The van der Waals surface area contributed by atoms with Crippen LogP contribution in [0.3, 0.4) is 0 Å². The summed E-state index contributed by atoms with van der Waals surface area (Å²) in [6, 6.07) is 13.4. The van der Waals surface area contributed by atoms with Crippen molar-refractivity contribution in [1.82, 2.24) is 19.9 Å². The number of nitrogens with zero attached hydrogens (tertiary/aromatic N) is 3. The molecule has 5 heteroatoms. The van der Waals surface area contributed by atoms with Gasteiger partial charge in [0.05, 0.1) is 11.4 Å². The molecule has 0 saturated carbocycles. The van der Waals surface area contributed by atoms with Gasteiger partial charge >= 0.3 is 0 Å². The smallest absolute Gasteiger partial charge is 0.248 e. The highest BCUT2D eigenvalue weighted by Crippen LogP contribution is 2.13. The van der Waals surface area contributed by atoms with E-state index in [9.17, 15) is 4.79 Å². The molecule has 0 spiro atoms. The molecule has 5 nitrogen and oxygen atoms in total. The Balaban J connectivity index is 1.77. The first kappa shape index (κ1) is 18.0. The maximum absolute atomic E-state index is 11.5. The van der Waals surface area contributed by atoms with Crippen LogP contribution in [0, 0.1) is 13.8 Å². The van der Waals surface area contributed by atoms with Crippen molar-refractivity contribution in [2.75, 3.05) is 6.54 Å². The quantitative estimate of drug-likeness (QED) is 0.713. The van der Waals surface area contributed by atoms with Gasteiger partial charge in [-0.25, -0.2) is 0 Å². The molecular formula is C21H24N4O. The topological polar surface area (TPSA) is 61.9 Å². The standard InChI is InChI=1S/C21H24N4O/c1-16-6-4-11-22-19(16)14-25(15-20-17(2)7-5-12-23-20)13-10-18-8-3-9-21(26)24-18/h3-9,11-12H,10,13-15H2,1-2H3,(H,24,26). The zero-order chi connectivity index (χ0) is 18.4. The minimum Gasteiger partial charge on any atom is -0.326 e. The molecule has 0 aromatic carbocycles. The number of hydrogen-bond acceptors (Lipinski definition) is 4. The molecule has 0 aliphatic rings. The second-order valence-corrected chi connectivity index (χ2v) is 6.53. The summed E-state index contributed by atoms with van der Waals surface area (Å²) in [4.78, 5) is 25.8. The maximum atomic E-state index is 11.5. The lowest BCUT2D eigenvalue weighted by atomic mass is 10.1. The Hall–Kier alpha value is -2.79. The van der Waals surface area contributed by atoms with E-state index in [0.717, 1.165) is 43.1 Å². The van der Waals surface area contributed by atoms with Gasteiger partial charge in [0.1, 0.15) is 0 Å². The normalized spacial score (nSPS) is 11.0. The van der Waals surface area contributed by atoms with Crippen LogP contribution in [-0.2, 0) is 19.5 Å². The number of rotatable bonds is 7. The number of nitrogens with one attached hydrogen (secondary N) is 1. The van der Waals surface area contributed by atoms with Gasteiger partial charge in [0.25, 0.3) is 0 Å². The summed E-state index contributed by atoms with van der Waals surface area (Å²) in [5, 5.41) is 0. The Morgan fingerprint density at radius 1 is 0.885 bits per heavy atom. The number of aromatic amines is 1. The van der Waals surface area contributed by atoms with Gasteiger partial charge in [0, 0.05) is 50.2 Å². The van der Waals surface area contributed by atoms with Crippen LogP contribution in [0.25, 0.3) is 0 Å². The van der Waals surface area contributed by atoms with E-state index >= 15 is 0 Å². The van der Waals surface area contributed by atoms with Crippen molar-refractivity contribution >= 4 is 0 Å². The molecule has 3 aromatic heterocycles. The summed E-state index contributed by atoms with van der Waals surface area (Å²) < 4.78 is 0. The lowest BCUT2D eigenvalue weighted by molar-refractivity contribution is 0.252. The molecule has 0 aliphatic heterocycles. The largest absolute Gasteiger partial charge is 0.326 e. The van der Waals surface area contributed by atoms with Crippen LogP contribution in [0.2, 0.25) is 0 Å². The third kappa shape index (κ3) is 4.86. The van der Waals surface area contributed by atoms with Crippen LogP contribution < -0.4 is 5.56 Å². The van der Waals surface area contributed by atoms with Crippen LogP contribution in [-0.4, -0.2) is 26.4 Å². The molecule has 1 N–H and O–H groups in total. The molecule has 0 radical (unpaired) electrons. The van der Waals surface area contributed by atoms with Crippen LogP contribution in [0.5, 0.6) is 0 Å². The molecule has 3 rings (SSSR count). The van der Waals surface area contributed by atoms with Crippen molar-refractivity contribution in [3.8, 4) is 0 Å². The SMILES string of the molecule is Cc1cccnc1CN(CCc1cccc(=O)[nH]1)Cc1ncccc1C. The van der Waals surface area contributed by atoms with Crippen LogP contribution in [0.15, 0.2) is 59.7 Å². The van der Waals surface area contributed by atoms with E-state index in [2.05, 4.69) is 45.8 Å². The number of aryl methyl sites for hydroxylation is 2. The molecule has 3 aromatic rings. The van der Waals surface area contributed by atoms with Crippen molar-refractivity contribution in [3.05, 3.63) is 93.4 Å². The Morgan fingerprint density at radius 2 is 1.50 bits per heavy atom. The lowest BCUT2D eigenvalue weighted by Gasteiger charge is -2.23. The first-order chi connectivity index (χ1) is 12.6. The highest BCUT2D eigenvalue weighted by molar-refractivity contribution is 5.20. The van der Waals surface area contributed by atoms with Gasteiger partial charge in [-0.15, -0.1) is 0 Å². The van der Waals surface area contributed by atoms with Crippen molar-refractivity contribution in [2.24, 2.45) is 0 Å². The third-order valence-corrected chi connectivity index (χ3v) is 4.51. The van der Waals surface area contributed by atoms with Gasteiger partial charge in [-0.3, -0.25) is 19.7 Å². The van der Waals surface area contributed by atoms with Gasteiger partial charge in [0.15, 0.2) is 0 Å². The molecule has 3 heterocycles. The Bertz CT molecular complexity index is 872. The van der Waals surface area contributed by atoms with Crippen LogP contribution in [0.4, 0.5) is 0 Å². The Labute approximate surface area is 153 Å². The number of aromatic nitrogens is 3. The van der Waals surface area contributed by atoms with Crippen molar-refractivity contribution in [3.63, 3.8) is 0 Å². The highest BCUT2D eigenvalue weighted by Gasteiger charge is 2.12. The summed E-state index contributed by atoms with van der Waals surface area (Å²) in [5.74, 6) is 0. The van der Waals surface area contributed by atoms with Gasteiger partial charge in [-0.05, 0) is 43.2 Å². The first-order valence-corrected chi connectivity index (χ1v) is 8.83. The molecule has 0 aliphatic carbocycles. The van der Waals surface area contributed by atoms with Crippen LogP contribution in [0.1, 0.15) is 28.2 Å². The summed E-state index contributed by atoms with van der Waals surface area (Å²) in [5.41, 5.74) is 5.39.